The third-order valence-corrected chi connectivity index (χ3v) is 5.01. The number of hydrogen-bond donors (Lipinski definition) is 3. The first kappa shape index (κ1) is 20.2. The zero-order chi connectivity index (χ0) is 20.4. The van der Waals surface area contributed by atoms with E-state index >= 15 is 0 Å². The Morgan fingerprint density at radius 2 is 1.89 bits per heavy atom. The van der Waals surface area contributed by atoms with E-state index in [4.69, 9.17) is 5.73 Å². The van der Waals surface area contributed by atoms with Crippen LogP contribution in [-0.2, 0) is 16.1 Å². The van der Waals surface area contributed by atoms with Crippen LogP contribution in [0.15, 0.2) is 18.2 Å². The maximum Gasteiger partial charge on any atom is 0.262 e. The molecule has 2 aliphatic rings. The lowest BCUT2D eigenvalue weighted by Gasteiger charge is -2.27. The Kier molecular flexibility index (Phi) is 5.90. The average molecular weight is 386 g/mol. The summed E-state index contributed by atoms with van der Waals surface area (Å²) in [5.41, 5.74) is 7.50. The van der Waals surface area contributed by atoms with Crippen molar-refractivity contribution in [1.82, 2.24) is 15.5 Å². The number of amides is 4. The van der Waals surface area contributed by atoms with Gasteiger partial charge in [-0.1, -0.05) is 19.9 Å². The first-order valence-electron chi connectivity index (χ1n) is 9.58. The molecule has 8 heteroatoms. The predicted octanol–water partition coefficient (Wildman–Crippen LogP) is 0.551. The third kappa shape index (κ3) is 4.13. The molecule has 0 bridgehead atoms. The number of nitrogens with two attached hydrogens (primary N) is 1. The average Bonchev–Trinajstić information content (AvgIpc) is 2.85. The molecular weight excluding hydrogens is 360 g/mol. The Labute approximate surface area is 163 Å². The molecule has 2 heterocycles. The molecular formula is C20H26N4O4. The monoisotopic (exact) mass is 386 g/mol. The molecule has 4 amide bonds. The van der Waals surface area contributed by atoms with Crippen molar-refractivity contribution >= 4 is 23.6 Å². The van der Waals surface area contributed by atoms with Crippen LogP contribution in [0.25, 0.3) is 0 Å². The minimum atomic E-state index is -0.944. The van der Waals surface area contributed by atoms with Gasteiger partial charge < -0.3 is 11.1 Å². The Hall–Kier alpha value is -2.58. The maximum absolute atomic E-state index is 12.8. The normalized spacial score (nSPS) is 20.6. The number of nitrogens with zero attached hydrogens (tertiary/aromatic N) is 1. The van der Waals surface area contributed by atoms with E-state index in [-0.39, 0.29) is 30.4 Å². The fourth-order valence-corrected chi connectivity index (χ4v) is 3.72. The summed E-state index contributed by atoms with van der Waals surface area (Å²) < 4.78 is 0. The minimum absolute atomic E-state index is 0.0562. The van der Waals surface area contributed by atoms with Crippen molar-refractivity contribution in [3.05, 3.63) is 34.9 Å². The summed E-state index contributed by atoms with van der Waals surface area (Å²) in [5, 5.41) is 5.47. The number of hydrogen-bond acceptors (Lipinski definition) is 6. The lowest BCUT2D eigenvalue weighted by Crippen LogP contribution is -2.54. The van der Waals surface area contributed by atoms with E-state index in [0.717, 1.165) is 16.9 Å². The molecule has 1 unspecified atom stereocenters. The summed E-state index contributed by atoms with van der Waals surface area (Å²) in [6.45, 7) is 5.43. The Bertz CT molecular complexity index is 820. The van der Waals surface area contributed by atoms with Gasteiger partial charge in [-0.2, -0.15) is 0 Å². The molecule has 2 atom stereocenters. The van der Waals surface area contributed by atoms with Crippen LogP contribution in [0.1, 0.15) is 59.4 Å². The molecule has 8 nitrogen and oxygen atoms in total. The standard InChI is InChI=1S/C20H26N4O4/c1-11(2)7-13(21)10-22-9-12-3-4-14-15(8-12)20(28)24(19(14)27)16-5-6-17(25)23-18(16)26/h3-4,8,11,13,16,22H,5-7,9-10,21H2,1-2H3,(H,23,25,26)/t13-,16?/m0/s1. The topological polar surface area (TPSA) is 122 Å². The van der Waals surface area contributed by atoms with E-state index in [1.807, 2.05) is 0 Å². The van der Waals surface area contributed by atoms with Crippen LogP contribution >= 0.6 is 0 Å². The number of carbonyl (C=O) groups excluding carboxylic acids is 4. The van der Waals surface area contributed by atoms with Crippen molar-refractivity contribution in [2.75, 3.05) is 6.54 Å². The van der Waals surface area contributed by atoms with Gasteiger partial charge in [0.1, 0.15) is 6.04 Å². The SMILES string of the molecule is CC(C)C[C@H](N)CNCc1ccc2c(c1)C(=O)N(C1CCC(=O)NC1=O)C2=O. The van der Waals surface area contributed by atoms with Gasteiger partial charge in [0.2, 0.25) is 11.8 Å². The zero-order valence-electron chi connectivity index (χ0n) is 16.2. The lowest BCUT2D eigenvalue weighted by atomic mass is 10.0. The number of imide groups is 2. The molecule has 0 aliphatic carbocycles. The van der Waals surface area contributed by atoms with Crippen LogP contribution in [0.3, 0.4) is 0 Å². The largest absolute Gasteiger partial charge is 0.327 e. The molecule has 1 saturated heterocycles. The number of fused-ring (bicyclic) bond motifs is 1. The Morgan fingerprint density at radius 1 is 1.18 bits per heavy atom. The Balaban J connectivity index is 1.68. The predicted molar refractivity (Wildman–Crippen MR) is 102 cm³/mol. The van der Waals surface area contributed by atoms with Gasteiger partial charge in [0.15, 0.2) is 0 Å². The summed E-state index contributed by atoms with van der Waals surface area (Å²) in [5.74, 6) is -1.45. The fourth-order valence-electron chi connectivity index (χ4n) is 3.72. The molecule has 0 radical (unpaired) electrons. The molecule has 0 aromatic heterocycles. The molecule has 0 spiro atoms. The van der Waals surface area contributed by atoms with Crippen LogP contribution in [0.5, 0.6) is 0 Å². The smallest absolute Gasteiger partial charge is 0.262 e. The van der Waals surface area contributed by atoms with Crippen molar-refractivity contribution in [3.63, 3.8) is 0 Å². The highest BCUT2D eigenvalue weighted by molar-refractivity contribution is 6.23. The zero-order valence-corrected chi connectivity index (χ0v) is 16.2. The van der Waals surface area contributed by atoms with E-state index in [1.54, 1.807) is 18.2 Å². The molecule has 4 N–H and O–H groups in total. The third-order valence-electron chi connectivity index (χ3n) is 5.01. The quantitative estimate of drug-likeness (QED) is 0.589. The minimum Gasteiger partial charge on any atom is -0.327 e. The highest BCUT2D eigenvalue weighted by atomic mass is 16.2. The number of nitrogens with one attached hydrogen (secondary N) is 2. The van der Waals surface area contributed by atoms with Gasteiger partial charge in [-0.25, -0.2) is 0 Å². The molecule has 2 aliphatic heterocycles. The van der Waals surface area contributed by atoms with Crippen molar-refractivity contribution in [1.29, 1.82) is 0 Å². The molecule has 1 aromatic rings. The number of benzene rings is 1. The van der Waals surface area contributed by atoms with Crippen LogP contribution < -0.4 is 16.4 Å². The molecule has 0 saturated carbocycles. The molecule has 1 aromatic carbocycles. The fraction of sp³-hybridized carbons (Fsp3) is 0.500. The van der Waals surface area contributed by atoms with Crippen molar-refractivity contribution in [2.24, 2.45) is 11.7 Å². The second-order valence-corrected chi connectivity index (χ2v) is 7.85. The van der Waals surface area contributed by atoms with Crippen molar-refractivity contribution < 1.29 is 19.2 Å². The van der Waals surface area contributed by atoms with E-state index in [0.29, 0.717) is 24.6 Å². The molecule has 150 valence electrons. The first-order chi connectivity index (χ1) is 13.3. The summed E-state index contributed by atoms with van der Waals surface area (Å²) in [7, 11) is 0. The van der Waals surface area contributed by atoms with E-state index < -0.39 is 23.8 Å². The Morgan fingerprint density at radius 3 is 2.57 bits per heavy atom. The van der Waals surface area contributed by atoms with Gasteiger partial charge in [-0.15, -0.1) is 0 Å². The van der Waals surface area contributed by atoms with Crippen LogP contribution in [0, 0.1) is 5.92 Å². The van der Waals surface area contributed by atoms with Gasteiger partial charge in [-0.3, -0.25) is 29.4 Å². The van der Waals surface area contributed by atoms with Crippen molar-refractivity contribution in [3.8, 4) is 0 Å². The summed E-state index contributed by atoms with van der Waals surface area (Å²) >= 11 is 0. The highest BCUT2D eigenvalue weighted by Crippen LogP contribution is 2.28. The van der Waals surface area contributed by atoms with Crippen LogP contribution in [0.2, 0.25) is 0 Å². The van der Waals surface area contributed by atoms with E-state index in [2.05, 4.69) is 24.5 Å². The van der Waals surface area contributed by atoms with Crippen LogP contribution in [0.4, 0.5) is 0 Å². The number of rotatable bonds is 7. The van der Waals surface area contributed by atoms with Gasteiger partial charge >= 0.3 is 0 Å². The summed E-state index contributed by atoms with van der Waals surface area (Å²) in [6, 6.07) is 4.20. The first-order valence-corrected chi connectivity index (χ1v) is 9.58. The van der Waals surface area contributed by atoms with Gasteiger partial charge in [0, 0.05) is 25.6 Å². The number of carbonyl (C=O) groups is 4. The van der Waals surface area contributed by atoms with E-state index in [1.165, 1.54) is 0 Å². The maximum atomic E-state index is 12.8. The second-order valence-electron chi connectivity index (χ2n) is 7.85. The summed E-state index contributed by atoms with van der Waals surface area (Å²) in [6.07, 6.45) is 1.18. The molecule has 3 rings (SSSR count). The lowest BCUT2D eigenvalue weighted by molar-refractivity contribution is -0.136. The van der Waals surface area contributed by atoms with Gasteiger partial charge in [-0.05, 0) is 36.5 Å². The second kappa shape index (κ2) is 8.20. The molecule has 28 heavy (non-hydrogen) atoms. The van der Waals surface area contributed by atoms with Crippen molar-refractivity contribution in [2.45, 2.75) is 51.7 Å². The van der Waals surface area contributed by atoms with Gasteiger partial charge in [0.05, 0.1) is 11.1 Å². The van der Waals surface area contributed by atoms with E-state index in [9.17, 15) is 19.2 Å². The number of piperidine rings is 1. The highest BCUT2D eigenvalue weighted by Gasteiger charge is 2.44. The molecule has 1 fully saturated rings. The van der Waals surface area contributed by atoms with Gasteiger partial charge in [0.25, 0.3) is 11.8 Å². The van der Waals surface area contributed by atoms with Crippen LogP contribution in [-0.4, -0.2) is 47.2 Å². The summed E-state index contributed by atoms with van der Waals surface area (Å²) in [4.78, 5) is 49.8.